The Morgan fingerprint density at radius 1 is 1.00 bits per heavy atom. The third-order valence-corrected chi connectivity index (χ3v) is 8.63. The standard InChI is InChI=1S/C25H32N2O3S/c1-18-7-11-24(12-8-18)31(29,30)27-15-13-21(14-16-27)25(28)26-19(2)22-10-9-20-5-3-4-6-23(20)17-22/h7-12,17,19,21H,3-6,13-16H2,1-2H3,(H,26,28)/t19-/m1/s1. The number of carbonyl (C=O) groups is 1. The SMILES string of the molecule is Cc1ccc(S(=O)(=O)N2CCC(C(=O)N[C@H](C)c3ccc4c(c3)CCCC4)CC2)cc1. The predicted octanol–water partition coefficient (Wildman–Crippen LogP) is 4.15. The molecule has 5 nitrogen and oxygen atoms in total. The summed E-state index contributed by atoms with van der Waals surface area (Å²) in [5.41, 5.74) is 5.03. The van der Waals surface area contributed by atoms with E-state index in [-0.39, 0.29) is 17.9 Å². The number of hydrogen-bond acceptors (Lipinski definition) is 3. The van der Waals surface area contributed by atoms with E-state index in [0.717, 1.165) is 24.0 Å². The van der Waals surface area contributed by atoms with Crippen LogP contribution in [0.2, 0.25) is 0 Å². The maximum absolute atomic E-state index is 12.9. The summed E-state index contributed by atoms with van der Waals surface area (Å²) in [4.78, 5) is 13.2. The minimum Gasteiger partial charge on any atom is -0.349 e. The molecule has 0 bridgehead atoms. The van der Waals surface area contributed by atoms with Crippen LogP contribution >= 0.6 is 0 Å². The minimum atomic E-state index is -3.50. The largest absolute Gasteiger partial charge is 0.349 e. The third kappa shape index (κ3) is 4.85. The average molecular weight is 441 g/mol. The first-order valence-electron chi connectivity index (χ1n) is 11.3. The van der Waals surface area contributed by atoms with Crippen molar-refractivity contribution in [3.63, 3.8) is 0 Å². The van der Waals surface area contributed by atoms with Crippen molar-refractivity contribution in [1.82, 2.24) is 9.62 Å². The summed E-state index contributed by atoms with van der Waals surface area (Å²) in [6, 6.07) is 13.5. The van der Waals surface area contributed by atoms with Gasteiger partial charge in [0.05, 0.1) is 10.9 Å². The summed E-state index contributed by atoms with van der Waals surface area (Å²) >= 11 is 0. The lowest BCUT2D eigenvalue weighted by molar-refractivity contribution is -0.126. The molecule has 0 unspecified atom stereocenters. The molecule has 4 rings (SSSR count). The van der Waals surface area contributed by atoms with Crippen molar-refractivity contribution in [2.75, 3.05) is 13.1 Å². The normalized spacial score (nSPS) is 18.9. The fourth-order valence-corrected chi connectivity index (χ4v) is 6.12. The van der Waals surface area contributed by atoms with Crippen LogP contribution in [0.3, 0.4) is 0 Å². The van der Waals surface area contributed by atoms with Crippen molar-refractivity contribution in [2.24, 2.45) is 5.92 Å². The number of fused-ring (bicyclic) bond motifs is 1. The maximum Gasteiger partial charge on any atom is 0.243 e. The quantitative estimate of drug-likeness (QED) is 0.759. The van der Waals surface area contributed by atoms with Crippen LogP contribution < -0.4 is 5.32 Å². The van der Waals surface area contributed by atoms with Gasteiger partial charge in [-0.15, -0.1) is 0 Å². The molecule has 2 aromatic rings. The van der Waals surface area contributed by atoms with Crippen LogP contribution in [0, 0.1) is 12.8 Å². The molecular formula is C25H32N2O3S. The lowest BCUT2D eigenvalue weighted by atomic mass is 9.89. The molecule has 0 radical (unpaired) electrons. The second kappa shape index (κ2) is 9.13. The predicted molar refractivity (Wildman–Crippen MR) is 122 cm³/mol. The van der Waals surface area contributed by atoms with Crippen LogP contribution in [-0.4, -0.2) is 31.7 Å². The number of nitrogens with one attached hydrogen (secondary N) is 1. The van der Waals surface area contributed by atoms with Gasteiger partial charge in [0.25, 0.3) is 0 Å². The Balaban J connectivity index is 1.34. The van der Waals surface area contributed by atoms with E-state index in [1.165, 1.54) is 28.3 Å². The molecule has 1 atom stereocenters. The molecular weight excluding hydrogens is 408 g/mol. The first-order chi connectivity index (χ1) is 14.8. The van der Waals surface area contributed by atoms with Gasteiger partial charge in [0.1, 0.15) is 0 Å². The highest BCUT2D eigenvalue weighted by Gasteiger charge is 2.32. The number of carbonyl (C=O) groups excluding carboxylic acids is 1. The number of aryl methyl sites for hydroxylation is 3. The number of sulfonamides is 1. The summed E-state index contributed by atoms with van der Waals surface area (Å²) in [6.45, 7) is 4.72. The van der Waals surface area contributed by atoms with Crippen LogP contribution in [-0.2, 0) is 27.7 Å². The second-order valence-electron chi connectivity index (χ2n) is 8.96. The van der Waals surface area contributed by atoms with E-state index in [0.29, 0.717) is 30.8 Å². The van der Waals surface area contributed by atoms with Gasteiger partial charge in [0, 0.05) is 19.0 Å². The van der Waals surface area contributed by atoms with Crippen LogP contribution in [0.15, 0.2) is 47.4 Å². The molecule has 0 spiro atoms. The fraction of sp³-hybridized carbons (Fsp3) is 0.480. The molecule has 0 aromatic heterocycles. The molecule has 1 N–H and O–H groups in total. The van der Waals surface area contributed by atoms with E-state index in [2.05, 4.69) is 23.5 Å². The molecule has 1 aliphatic carbocycles. The number of hydrogen-bond donors (Lipinski definition) is 1. The number of benzene rings is 2. The van der Waals surface area contributed by atoms with Gasteiger partial charge in [-0.2, -0.15) is 4.31 Å². The Kier molecular flexibility index (Phi) is 6.49. The van der Waals surface area contributed by atoms with Gasteiger partial charge in [-0.25, -0.2) is 8.42 Å². The van der Waals surface area contributed by atoms with Crippen LogP contribution in [0.1, 0.15) is 60.9 Å². The van der Waals surface area contributed by atoms with Crippen LogP contribution in [0.5, 0.6) is 0 Å². The van der Waals surface area contributed by atoms with Crippen molar-refractivity contribution >= 4 is 15.9 Å². The van der Waals surface area contributed by atoms with Crippen molar-refractivity contribution in [2.45, 2.75) is 63.3 Å². The zero-order chi connectivity index (χ0) is 22.0. The molecule has 1 saturated heterocycles. The molecule has 0 saturated carbocycles. The Bertz CT molecular complexity index is 1040. The number of amides is 1. The van der Waals surface area contributed by atoms with Gasteiger partial charge in [-0.1, -0.05) is 35.9 Å². The molecule has 1 aliphatic heterocycles. The summed E-state index contributed by atoms with van der Waals surface area (Å²) in [5, 5.41) is 3.16. The Morgan fingerprint density at radius 3 is 2.32 bits per heavy atom. The van der Waals surface area contributed by atoms with Gasteiger partial charge >= 0.3 is 0 Å². The Hall–Kier alpha value is -2.18. The van der Waals surface area contributed by atoms with E-state index >= 15 is 0 Å². The highest BCUT2D eigenvalue weighted by atomic mass is 32.2. The zero-order valence-corrected chi connectivity index (χ0v) is 19.2. The third-order valence-electron chi connectivity index (χ3n) is 6.71. The molecule has 6 heteroatoms. The summed E-state index contributed by atoms with van der Waals surface area (Å²) in [6.07, 6.45) is 5.87. The molecule has 2 aliphatic rings. The molecule has 31 heavy (non-hydrogen) atoms. The van der Waals surface area contributed by atoms with Gasteiger partial charge in [0.15, 0.2) is 0 Å². The van der Waals surface area contributed by atoms with Gasteiger partial charge in [-0.3, -0.25) is 4.79 Å². The van der Waals surface area contributed by atoms with Gasteiger partial charge in [-0.05, 0) is 81.2 Å². The number of piperidine rings is 1. The average Bonchev–Trinajstić information content (AvgIpc) is 2.79. The summed E-state index contributed by atoms with van der Waals surface area (Å²) in [7, 11) is -3.50. The van der Waals surface area contributed by atoms with Crippen LogP contribution in [0.25, 0.3) is 0 Å². The summed E-state index contributed by atoms with van der Waals surface area (Å²) in [5.74, 6) is -0.123. The van der Waals surface area contributed by atoms with E-state index in [1.54, 1.807) is 12.1 Å². The molecule has 1 amide bonds. The Morgan fingerprint density at radius 2 is 1.65 bits per heavy atom. The van der Waals surface area contributed by atoms with Crippen molar-refractivity contribution in [3.8, 4) is 0 Å². The molecule has 1 fully saturated rings. The van der Waals surface area contributed by atoms with Crippen LogP contribution in [0.4, 0.5) is 0 Å². The second-order valence-corrected chi connectivity index (χ2v) is 10.9. The lowest BCUT2D eigenvalue weighted by Crippen LogP contribution is -2.43. The smallest absolute Gasteiger partial charge is 0.243 e. The Labute approximate surface area is 185 Å². The van der Waals surface area contributed by atoms with Crippen molar-refractivity contribution < 1.29 is 13.2 Å². The first kappa shape index (κ1) is 22.0. The lowest BCUT2D eigenvalue weighted by Gasteiger charge is -2.31. The van der Waals surface area contributed by atoms with E-state index in [4.69, 9.17) is 0 Å². The van der Waals surface area contributed by atoms with Crippen molar-refractivity contribution in [1.29, 1.82) is 0 Å². The topological polar surface area (TPSA) is 66.5 Å². The highest BCUT2D eigenvalue weighted by Crippen LogP contribution is 2.27. The summed E-state index contributed by atoms with van der Waals surface area (Å²) < 4.78 is 27.3. The zero-order valence-electron chi connectivity index (χ0n) is 18.4. The molecule has 2 aromatic carbocycles. The van der Waals surface area contributed by atoms with Gasteiger partial charge < -0.3 is 5.32 Å². The van der Waals surface area contributed by atoms with E-state index < -0.39 is 10.0 Å². The minimum absolute atomic E-state index is 0.0256. The monoisotopic (exact) mass is 440 g/mol. The highest BCUT2D eigenvalue weighted by molar-refractivity contribution is 7.89. The molecule has 166 valence electrons. The van der Waals surface area contributed by atoms with E-state index in [9.17, 15) is 13.2 Å². The number of nitrogens with zero attached hydrogens (tertiary/aromatic N) is 1. The van der Waals surface area contributed by atoms with Gasteiger partial charge in [0.2, 0.25) is 15.9 Å². The maximum atomic E-state index is 12.9. The first-order valence-corrected chi connectivity index (χ1v) is 12.8. The van der Waals surface area contributed by atoms with E-state index in [1.807, 2.05) is 26.0 Å². The number of rotatable bonds is 5. The fourth-order valence-electron chi connectivity index (χ4n) is 4.65. The molecule has 1 heterocycles. The van der Waals surface area contributed by atoms with Crippen molar-refractivity contribution in [3.05, 3.63) is 64.7 Å².